The van der Waals surface area contributed by atoms with E-state index in [1.54, 1.807) is 30.6 Å². The van der Waals surface area contributed by atoms with E-state index in [1.807, 2.05) is 0 Å². The Bertz CT molecular complexity index is 716. The van der Waals surface area contributed by atoms with E-state index in [0.717, 1.165) is 5.56 Å². The maximum absolute atomic E-state index is 12.2. The van der Waals surface area contributed by atoms with Crippen LogP contribution in [0.15, 0.2) is 23.7 Å². The lowest BCUT2D eigenvalue weighted by Crippen LogP contribution is -2.12. The second-order valence-electron chi connectivity index (χ2n) is 4.19. The van der Waals surface area contributed by atoms with Crippen LogP contribution in [0.2, 0.25) is 5.02 Å². The Morgan fingerprint density at radius 1 is 1.52 bits per heavy atom. The van der Waals surface area contributed by atoms with E-state index in [0.29, 0.717) is 27.7 Å². The Morgan fingerprint density at radius 3 is 3.00 bits per heavy atom. The van der Waals surface area contributed by atoms with Crippen molar-refractivity contribution in [2.24, 2.45) is 0 Å². The lowest BCUT2D eigenvalue weighted by Gasteiger charge is -2.07. The molecule has 1 heterocycles. The standard InChI is InChI=1S/C15H13ClN2O2S/c1-10-14(21-9-17-10)15(20)18-13-8-11(4-2-3-7-19)5-6-12(13)16/h5-6,8-9,19H,3,7H2,1H3,(H,18,20). The van der Waals surface area contributed by atoms with Crippen molar-refractivity contribution in [3.05, 3.63) is 44.9 Å². The van der Waals surface area contributed by atoms with Gasteiger partial charge in [0.05, 0.1) is 28.5 Å². The molecule has 0 saturated heterocycles. The quantitative estimate of drug-likeness (QED) is 0.854. The lowest BCUT2D eigenvalue weighted by molar-refractivity contribution is 0.103. The van der Waals surface area contributed by atoms with Crippen LogP contribution in [-0.2, 0) is 0 Å². The molecule has 1 aromatic heterocycles. The van der Waals surface area contributed by atoms with Gasteiger partial charge in [0.25, 0.3) is 5.91 Å². The molecule has 2 aromatic rings. The third-order valence-electron chi connectivity index (χ3n) is 2.64. The SMILES string of the molecule is Cc1ncsc1C(=O)Nc1cc(C#CCCO)ccc1Cl. The molecule has 1 amide bonds. The first-order valence-electron chi connectivity index (χ1n) is 6.22. The smallest absolute Gasteiger partial charge is 0.267 e. The number of nitrogens with zero attached hydrogens (tertiary/aromatic N) is 1. The normalized spacial score (nSPS) is 9.86. The number of rotatable bonds is 3. The molecule has 0 fully saturated rings. The Balaban J connectivity index is 2.20. The number of anilines is 1. The summed E-state index contributed by atoms with van der Waals surface area (Å²) in [6.45, 7) is 1.80. The van der Waals surface area contributed by atoms with Crippen LogP contribution < -0.4 is 5.32 Å². The van der Waals surface area contributed by atoms with Crippen molar-refractivity contribution < 1.29 is 9.90 Å². The van der Waals surface area contributed by atoms with Crippen molar-refractivity contribution in [2.45, 2.75) is 13.3 Å². The van der Waals surface area contributed by atoms with Gasteiger partial charge >= 0.3 is 0 Å². The fraction of sp³-hybridized carbons (Fsp3) is 0.200. The number of nitrogens with one attached hydrogen (secondary N) is 1. The topological polar surface area (TPSA) is 62.2 Å². The Labute approximate surface area is 131 Å². The van der Waals surface area contributed by atoms with Gasteiger partial charge in [-0.3, -0.25) is 4.79 Å². The van der Waals surface area contributed by atoms with Gasteiger partial charge < -0.3 is 10.4 Å². The molecule has 0 aliphatic heterocycles. The minimum atomic E-state index is -0.239. The maximum Gasteiger partial charge on any atom is 0.267 e. The van der Waals surface area contributed by atoms with Crippen molar-refractivity contribution in [1.82, 2.24) is 4.98 Å². The van der Waals surface area contributed by atoms with E-state index in [4.69, 9.17) is 16.7 Å². The van der Waals surface area contributed by atoms with Crippen molar-refractivity contribution in [3.63, 3.8) is 0 Å². The van der Waals surface area contributed by atoms with Crippen molar-refractivity contribution in [1.29, 1.82) is 0 Å². The molecule has 21 heavy (non-hydrogen) atoms. The van der Waals surface area contributed by atoms with Crippen LogP contribution in [0.25, 0.3) is 0 Å². The number of aliphatic hydroxyl groups excluding tert-OH is 1. The fourth-order valence-electron chi connectivity index (χ4n) is 1.62. The molecule has 0 spiro atoms. The first-order chi connectivity index (χ1) is 10.1. The summed E-state index contributed by atoms with van der Waals surface area (Å²) in [6.07, 6.45) is 0.407. The second-order valence-corrected chi connectivity index (χ2v) is 5.45. The number of amides is 1. The predicted molar refractivity (Wildman–Crippen MR) is 84.8 cm³/mol. The summed E-state index contributed by atoms with van der Waals surface area (Å²) in [5.41, 5.74) is 3.55. The van der Waals surface area contributed by atoms with Crippen molar-refractivity contribution >= 4 is 34.5 Å². The average molecular weight is 321 g/mol. The number of aryl methyl sites for hydroxylation is 1. The summed E-state index contributed by atoms with van der Waals surface area (Å²) in [6, 6.07) is 5.15. The van der Waals surface area contributed by atoms with E-state index >= 15 is 0 Å². The summed E-state index contributed by atoms with van der Waals surface area (Å²) in [7, 11) is 0. The molecule has 6 heteroatoms. The molecular weight excluding hydrogens is 308 g/mol. The highest BCUT2D eigenvalue weighted by atomic mass is 35.5. The van der Waals surface area contributed by atoms with Crippen LogP contribution in [0.3, 0.4) is 0 Å². The van der Waals surface area contributed by atoms with E-state index in [1.165, 1.54) is 11.3 Å². The zero-order valence-electron chi connectivity index (χ0n) is 11.3. The van der Waals surface area contributed by atoms with Crippen LogP contribution >= 0.6 is 22.9 Å². The molecule has 0 unspecified atom stereocenters. The molecule has 0 aliphatic rings. The van der Waals surface area contributed by atoms with Gasteiger partial charge in [0, 0.05) is 12.0 Å². The molecule has 2 N–H and O–H groups in total. The van der Waals surface area contributed by atoms with Crippen LogP contribution in [0.5, 0.6) is 0 Å². The molecule has 0 saturated carbocycles. The molecular formula is C15H13ClN2O2S. The van der Waals surface area contributed by atoms with Crippen LogP contribution in [0.1, 0.15) is 27.3 Å². The average Bonchev–Trinajstić information content (AvgIpc) is 2.89. The molecule has 108 valence electrons. The first-order valence-corrected chi connectivity index (χ1v) is 7.48. The summed E-state index contributed by atoms with van der Waals surface area (Å²) in [5.74, 6) is 5.49. The monoisotopic (exact) mass is 320 g/mol. The largest absolute Gasteiger partial charge is 0.395 e. The highest BCUT2D eigenvalue weighted by Crippen LogP contribution is 2.24. The molecule has 4 nitrogen and oxygen atoms in total. The minimum absolute atomic E-state index is 0.0227. The highest BCUT2D eigenvalue weighted by Gasteiger charge is 2.13. The first kappa shape index (κ1) is 15.5. The summed E-state index contributed by atoms with van der Waals surface area (Å²) in [5, 5.41) is 11.9. The summed E-state index contributed by atoms with van der Waals surface area (Å²) >= 11 is 7.37. The molecule has 1 aromatic carbocycles. The van der Waals surface area contributed by atoms with Gasteiger partial charge in [-0.1, -0.05) is 23.4 Å². The van der Waals surface area contributed by atoms with Gasteiger partial charge in [0.15, 0.2) is 0 Å². The molecule has 0 atom stereocenters. The highest BCUT2D eigenvalue weighted by molar-refractivity contribution is 7.12. The van der Waals surface area contributed by atoms with Gasteiger partial charge in [-0.05, 0) is 25.1 Å². The van der Waals surface area contributed by atoms with Crippen LogP contribution in [-0.4, -0.2) is 22.6 Å². The van der Waals surface area contributed by atoms with Crippen molar-refractivity contribution in [2.75, 3.05) is 11.9 Å². The number of carbonyl (C=O) groups is 1. The van der Waals surface area contributed by atoms with Gasteiger partial charge in [-0.25, -0.2) is 4.98 Å². The number of thiazole rings is 1. The van der Waals surface area contributed by atoms with E-state index in [-0.39, 0.29) is 12.5 Å². The number of benzene rings is 1. The Morgan fingerprint density at radius 2 is 2.33 bits per heavy atom. The summed E-state index contributed by atoms with van der Waals surface area (Å²) < 4.78 is 0. The maximum atomic E-state index is 12.2. The minimum Gasteiger partial charge on any atom is -0.395 e. The fourth-order valence-corrected chi connectivity index (χ4v) is 2.48. The number of halogens is 1. The second kappa shape index (κ2) is 7.23. The molecule has 0 aliphatic carbocycles. The third kappa shape index (κ3) is 4.05. The predicted octanol–water partition coefficient (Wildman–Crippen LogP) is 3.09. The van der Waals surface area contributed by atoms with Crippen LogP contribution in [0, 0.1) is 18.8 Å². The van der Waals surface area contributed by atoms with E-state index < -0.39 is 0 Å². The number of hydrogen-bond donors (Lipinski definition) is 2. The Hall–Kier alpha value is -1.87. The zero-order chi connectivity index (χ0) is 15.2. The molecule has 0 radical (unpaired) electrons. The third-order valence-corrected chi connectivity index (χ3v) is 3.89. The van der Waals surface area contributed by atoms with Gasteiger partial charge in [-0.15, -0.1) is 11.3 Å². The number of aromatic nitrogens is 1. The number of carbonyl (C=O) groups excluding carboxylic acids is 1. The van der Waals surface area contributed by atoms with Crippen molar-refractivity contribution in [3.8, 4) is 11.8 Å². The van der Waals surface area contributed by atoms with Gasteiger partial charge in [0.2, 0.25) is 0 Å². The zero-order valence-corrected chi connectivity index (χ0v) is 12.9. The lowest BCUT2D eigenvalue weighted by atomic mass is 10.2. The van der Waals surface area contributed by atoms with E-state index in [2.05, 4.69) is 22.1 Å². The molecule has 0 bridgehead atoms. The van der Waals surface area contributed by atoms with E-state index in [9.17, 15) is 4.79 Å². The summed E-state index contributed by atoms with van der Waals surface area (Å²) in [4.78, 5) is 16.8. The molecule has 2 rings (SSSR count). The number of aliphatic hydroxyl groups is 1. The van der Waals surface area contributed by atoms with Gasteiger partial charge in [0.1, 0.15) is 4.88 Å². The number of hydrogen-bond acceptors (Lipinski definition) is 4. The van der Waals surface area contributed by atoms with Crippen LogP contribution in [0.4, 0.5) is 5.69 Å². The Kier molecular flexibility index (Phi) is 5.34. The van der Waals surface area contributed by atoms with Gasteiger partial charge in [-0.2, -0.15) is 0 Å².